The zero-order valence-corrected chi connectivity index (χ0v) is 24.7. The molecule has 4 aliphatic rings. The Morgan fingerprint density at radius 2 is 1.59 bits per heavy atom. The van der Waals surface area contributed by atoms with Crippen LogP contribution in [0.2, 0.25) is 5.02 Å². The second kappa shape index (κ2) is 11.0. The van der Waals surface area contributed by atoms with Gasteiger partial charge in [-0.05, 0) is 48.7 Å². The van der Waals surface area contributed by atoms with Crippen LogP contribution in [0.5, 0.6) is 0 Å². The summed E-state index contributed by atoms with van der Waals surface area (Å²) in [6.07, 6.45) is 8.53. The first-order valence-corrected chi connectivity index (χ1v) is 15.4. The molecule has 1 spiro atoms. The molecule has 0 aliphatic carbocycles. The van der Waals surface area contributed by atoms with Crippen molar-refractivity contribution in [2.24, 2.45) is 17.8 Å². The minimum Gasteiger partial charge on any atom is -0.394 e. The summed E-state index contributed by atoms with van der Waals surface area (Å²) in [7, 11) is 0. The van der Waals surface area contributed by atoms with E-state index in [1.807, 2.05) is 68.5 Å². The molecule has 0 saturated carbocycles. The van der Waals surface area contributed by atoms with Gasteiger partial charge >= 0.3 is 0 Å². The molecule has 4 aliphatic heterocycles. The minimum atomic E-state index is -0.950. The third-order valence-electron chi connectivity index (χ3n) is 8.65. The fourth-order valence-corrected chi connectivity index (χ4v) is 9.10. The number of halogens is 1. The van der Waals surface area contributed by atoms with Gasteiger partial charge < -0.3 is 19.8 Å². The van der Waals surface area contributed by atoms with Crippen molar-refractivity contribution in [1.29, 1.82) is 0 Å². The smallest absolute Gasteiger partial charge is 0.251 e. The molecule has 2 aromatic carbocycles. The van der Waals surface area contributed by atoms with E-state index in [9.17, 15) is 19.5 Å². The zero-order chi connectivity index (χ0) is 28.9. The lowest BCUT2D eigenvalue weighted by molar-refractivity contribution is -0.142. The molecule has 41 heavy (non-hydrogen) atoms. The van der Waals surface area contributed by atoms with E-state index in [-0.39, 0.29) is 35.5 Å². The number of likely N-dealkylation sites (tertiary alicyclic amines) is 1. The summed E-state index contributed by atoms with van der Waals surface area (Å²) in [5.41, 5.74) is 1.46. The molecule has 2 saturated heterocycles. The molecule has 6 rings (SSSR count). The van der Waals surface area contributed by atoms with Gasteiger partial charge in [0.25, 0.3) is 5.91 Å². The summed E-state index contributed by atoms with van der Waals surface area (Å²) in [5.74, 6) is -1.75. The lowest BCUT2D eigenvalue weighted by Crippen LogP contribution is -2.57. The first-order chi connectivity index (χ1) is 19.8. The molecular weight excluding hydrogens is 558 g/mol. The predicted molar refractivity (Wildman–Crippen MR) is 163 cm³/mol. The highest BCUT2D eigenvalue weighted by molar-refractivity contribution is 8.02. The Labute approximate surface area is 249 Å². The third kappa shape index (κ3) is 4.60. The van der Waals surface area contributed by atoms with Crippen LogP contribution in [0.4, 0.5) is 11.4 Å². The van der Waals surface area contributed by atoms with Crippen molar-refractivity contribution in [3.05, 3.63) is 83.9 Å². The number of hydrogen-bond acceptors (Lipinski definition) is 5. The van der Waals surface area contributed by atoms with Crippen LogP contribution in [-0.2, 0) is 14.4 Å². The van der Waals surface area contributed by atoms with Crippen LogP contribution in [0, 0.1) is 17.8 Å². The van der Waals surface area contributed by atoms with Crippen molar-refractivity contribution in [3.8, 4) is 0 Å². The number of aliphatic hydroxyl groups is 1. The van der Waals surface area contributed by atoms with Crippen molar-refractivity contribution in [2.75, 3.05) is 29.5 Å². The summed E-state index contributed by atoms with van der Waals surface area (Å²) in [5, 5.41) is 10.9. The van der Waals surface area contributed by atoms with Gasteiger partial charge in [-0.3, -0.25) is 14.4 Å². The monoisotopic (exact) mass is 591 g/mol. The second-order valence-corrected chi connectivity index (χ2v) is 13.5. The normalized spacial score (nSPS) is 29.9. The highest BCUT2D eigenvalue weighted by atomic mass is 35.5. The van der Waals surface area contributed by atoms with Crippen LogP contribution >= 0.6 is 23.4 Å². The molecule has 1 unspecified atom stereocenters. The Morgan fingerprint density at radius 3 is 2.27 bits per heavy atom. The quantitative estimate of drug-likeness (QED) is 0.499. The third-order valence-corrected chi connectivity index (χ3v) is 10.6. The fraction of sp³-hybridized carbons (Fsp3) is 0.406. The zero-order valence-electron chi connectivity index (χ0n) is 23.1. The maximum atomic E-state index is 14.6. The van der Waals surface area contributed by atoms with Gasteiger partial charge in [0.2, 0.25) is 11.8 Å². The maximum absolute atomic E-state index is 14.6. The molecule has 4 heterocycles. The van der Waals surface area contributed by atoms with E-state index >= 15 is 0 Å². The van der Waals surface area contributed by atoms with E-state index in [0.717, 1.165) is 5.69 Å². The Kier molecular flexibility index (Phi) is 7.51. The van der Waals surface area contributed by atoms with E-state index in [4.69, 9.17) is 11.6 Å². The molecule has 7 nitrogen and oxygen atoms in total. The number of nitrogens with zero attached hydrogens (tertiary/aromatic N) is 3. The number of thioether (sulfide) groups is 1. The van der Waals surface area contributed by atoms with Crippen LogP contribution in [0.15, 0.2) is 78.9 Å². The molecule has 1 N–H and O–H groups in total. The number of para-hydroxylation sites is 1. The summed E-state index contributed by atoms with van der Waals surface area (Å²) < 4.78 is -0.950. The number of carbonyl (C=O) groups is 3. The van der Waals surface area contributed by atoms with Crippen LogP contribution in [0.1, 0.15) is 20.3 Å². The molecule has 0 radical (unpaired) electrons. The first kappa shape index (κ1) is 28.1. The van der Waals surface area contributed by atoms with Gasteiger partial charge in [-0.25, -0.2) is 0 Å². The van der Waals surface area contributed by atoms with Gasteiger partial charge in [0.15, 0.2) is 0 Å². The standard InChI is InChI=1S/C32H34ClN3O4S/c1-20(2)18-24(19-37)36-28-31(40)35(23-13-11-21(33)12-14-23)17-7-15-32(28)27(30(36)39)26-25(41-32)10-6-16-34(29(26)38)22-8-4-3-5-9-22/h3-15,20,24-28,37H,16-19H2,1-2H3/t24-,25-,26+,27+,28?,32+/m1/s1. The fourth-order valence-electron chi connectivity index (χ4n) is 6.98. The summed E-state index contributed by atoms with van der Waals surface area (Å²) in [6, 6.07) is 15.2. The van der Waals surface area contributed by atoms with Gasteiger partial charge in [0.05, 0.1) is 29.2 Å². The Balaban J connectivity index is 1.47. The van der Waals surface area contributed by atoms with E-state index in [1.165, 1.54) is 0 Å². The second-order valence-electron chi connectivity index (χ2n) is 11.6. The van der Waals surface area contributed by atoms with Crippen LogP contribution in [0.25, 0.3) is 0 Å². The number of hydrogen-bond donors (Lipinski definition) is 1. The highest BCUT2D eigenvalue weighted by Crippen LogP contribution is 2.61. The summed E-state index contributed by atoms with van der Waals surface area (Å²) in [6.45, 7) is 4.57. The number of benzene rings is 2. The molecule has 3 amide bonds. The molecule has 6 atom stereocenters. The van der Waals surface area contributed by atoms with Crippen LogP contribution in [0.3, 0.4) is 0 Å². The van der Waals surface area contributed by atoms with Crippen molar-refractivity contribution >= 4 is 52.5 Å². The largest absolute Gasteiger partial charge is 0.394 e. The van der Waals surface area contributed by atoms with Gasteiger partial charge in [-0.15, -0.1) is 11.8 Å². The van der Waals surface area contributed by atoms with E-state index < -0.39 is 28.7 Å². The van der Waals surface area contributed by atoms with Gasteiger partial charge in [-0.2, -0.15) is 0 Å². The van der Waals surface area contributed by atoms with Gasteiger partial charge in [0, 0.05) is 34.7 Å². The SMILES string of the molecule is CC(C)C[C@H](CO)N1C(=O)[C@@H]2[C@H]3C(=O)N(c4ccccc4)CC=C[C@H]3S[C@@]23C=CCN(c2ccc(Cl)cc2)C(=O)C13. The number of amides is 3. The van der Waals surface area contributed by atoms with Crippen molar-refractivity contribution in [3.63, 3.8) is 0 Å². The first-order valence-electron chi connectivity index (χ1n) is 14.2. The molecular formula is C32H34ClN3O4S. The topological polar surface area (TPSA) is 81.2 Å². The number of aliphatic hydroxyl groups excluding tert-OH is 1. The molecule has 0 bridgehead atoms. The van der Waals surface area contributed by atoms with Crippen LogP contribution in [-0.4, -0.2) is 69.5 Å². The van der Waals surface area contributed by atoms with Crippen molar-refractivity contribution in [2.45, 2.75) is 42.3 Å². The highest BCUT2D eigenvalue weighted by Gasteiger charge is 2.71. The summed E-state index contributed by atoms with van der Waals surface area (Å²) in [4.78, 5) is 48.6. The number of rotatable bonds is 6. The molecule has 0 aromatic heterocycles. The summed E-state index contributed by atoms with van der Waals surface area (Å²) >= 11 is 7.69. The van der Waals surface area contributed by atoms with Gasteiger partial charge in [-0.1, -0.05) is 68.0 Å². The lowest BCUT2D eigenvalue weighted by Gasteiger charge is -2.39. The maximum Gasteiger partial charge on any atom is 0.251 e. The van der Waals surface area contributed by atoms with E-state index in [2.05, 4.69) is 0 Å². The number of carbonyl (C=O) groups excluding carboxylic acids is 3. The Hall–Kier alpha value is -3.07. The molecule has 214 valence electrons. The molecule has 2 aromatic rings. The Bertz CT molecular complexity index is 1400. The van der Waals surface area contributed by atoms with E-state index in [1.54, 1.807) is 50.7 Å². The lowest BCUT2D eigenvalue weighted by atomic mass is 9.78. The van der Waals surface area contributed by atoms with Crippen LogP contribution < -0.4 is 9.80 Å². The predicted octanol–water partition coefficient (Wildman–Crippen LogP) is 4.55. The number of fused-ring (bicyclic) bond motifs is 2. The van der Waals surface area contributed by atoms with Crippen molar-refractivity contribution in [1.82, 2.24) is 4.90 Å². The molecule has 2 fully saturated rings. The Morgan fingerprint density at radius 1 is 0.927 bits per heavy atom. The minimum absolute atomic E-state index is 0.112. The van der Waals surface area contributed by atoms with Gasteiger partial charge in [0.1, 0.15) is 6.04 Å². The average Bonchev–Trinajstić information content (AvgIpc) is 3.28. The number of anilines is 2. The molecule has 9 heteroatoms. The van der Waals surface area contributed by atoms with Crippen molar-refractivity contribution < 1.29 is 19.5 Å². The van der Waals surface area contributed by atoms with E-state index in [0.29, 0.717) is 30.2 Å². The average molecular weight is 592 g/mol.